The second kappa shape index (κ2) is 6.25. The van der Waals surface area contributed by atoms with Crippen LogP contribution in [0, 0.1) is 17.2 Å². The van der Waals surface area contributed by atoms with Gasteiger partial charge in [0.2, 0.25) is 5.91 Å². The van der Waals surface area contributed by atoms with Gasteiger partial charge in [0, 0.05) is 43.6 Å². The third kappa shape index (κ3) is 2.59. The van der Waals surface area contributed by atoms with Crippen LogP contribution in [-0.4, -0.2) is 47.6 Å². The Morgan fingerprint density at radius 1 is 1.27 bits per heavy atom. The number of ether oxygens (including phenoxy) is 1. The highest BCUT2D eigenvalue weighted by Gasteiger charge is 2.53. The Hall–Kier alpha value is -2.67. The maximum atomic E-state index is 14.5. The van der Waals surface area contributed by atoms with Gasteiger partial charge in [-0.05, 0) is 36.8 Å². The number of amides is 2. The van der Waals surface area contributed by atoms with Gasteiger partial charge >= 0.3 is 0 Å². The maximum absolute atomic E-state index is 14.5. The van der Waals surface area contributed by atoms with Gasteiger partial charge in [-0.1, -0.05) is 0 Å². The Morgan fingerprint density at radius 3 is 2.69 bits per heavy atom. The van der Waals surface area contributed by atoms with E-state index in [9.17, 15) is 14.0 Å². The topological polar surface area (TPSA) is 77.6 Å². The average Bonchev–Trinajstić information content (AvgIpc) is 3.29. The fraction of sp³-hybridized carbons (Fsp3) is 0.368. The zero-order valence-electron chi connectivity index (χ0n) is 14.2. The Bertz CT molecular complexity index is 852. The smallest absolute Gasteiger partial charge is 0.254 e. The predicted molar refractivity (Wildman–Crippen MR) is 92.2 cm³/mol. The molecule has 0 radical (unpaired) electrons. The number of hydrogen-bond acceptors (Lipinski definition) is 3. The summed E-state index contributed by atoms with van der Waals surface area (Å²) in [5.74, 6) is -1.27. The Kier molecular flexibility index (Phi) is 4.03. The summed E-state index contributed by atoms with van der Waals surface area (Å²) < 4.78 is 21.6. The van der Waals surface area contributed by atoms with Gasteiger partial charge in [-0.25, -0.2) is 4.39 Å². The van der Waals surface area contributed by atoms with E-state index >= 15 is 0 Å². The summed E-state index contributed by atoms with van der Waals surface area (Å²) in [5, 5.41) is 0. The molecule has 4 rings (SSSR count). The van der Waals surface area contributed by atoms with Crippen LogP contribution in [0.3, 0.4) is 0 Å². The van der Waals surface area contributed by atoms with Crippen LogP contribution >= 0.6 is 0 Å². The Labute approximate surface area is 150 Å². The summed E-state index contributed by atoms with van der Waals surface area (Å²) in [4.78, 5) is 26.5. The van der Waals surface area contributed by atoms with Crippen molar-refractivity contribution in [3.63, 3.8) is 0 Å². The molecule has 0 bridgehead atoms. The number of primary amides is 1. The van der Waals surface area contributed by atoms with Gasteiger partial charge in [0.25, 0.3) is 5.91 Å². The van der Waals surface area contributed by atoms with E-state index in [-0.39, 0.29) is 23.9 Å². The van der Waals surface area contributed by atoms with E-state index in [2.05, 4.69) is 0 Å². The lowest BCUT2D eigenvalue weighted by Crippen LogP contribution is -2.48. The number of carbonyl (C=O) groups excluding carboxylic acids is 2. The lowest BCUT2D eigenvalue weighted by molar-refractivity contribution is -0.135. The van der Waals surface area contributed by atoms with Crippen molar-refractivity contribution in [2.24, 2.45) is 17.1 Å². The number of likely N-dealkylation sites (tertiary alicyclic amines) is 1. The first-order chi connectivity index (χ1) is 12.5. The van der Waals surface area contributed by atoms with E-state index in [1.807, 2.05) is 0 Å². The molecule has 2 fully saturated rings. The van der Waals surface area contributed by atoms with Crippen molar-refractivity contribution in [1.29, 1.82) is 0 Å². The van der Waals surface area contributed by atoms with E-state index in [1.54, 1.807) is 46.1 Å². The molecule has 6 nitrogen and oxygen atoms in total. The van der Waals surface area contributed by atoms with Gasteiger partial charge in [-0.3, -0.25) is 9.59 Å². The predicted octanol–water partition coefficient (Wildman–Crippen LogP) is 1.58. The maximum Gasteiger partial charge on any atom is 0.254 e. The average molecular weight is 357 g/mol. The zero-order chi connectivity index (χ0) is 18.3. The fourth-order valence-electron chi connectivity index (χ4n) is 4.03. The molecule has 2 aromatic rings. The van der Waals surface area contributed by atoms with Crippen LogP contribution < -0.4 is 5.73 Å². The van der Waals surface area contributed by atoms with Crippen LogP contribution in [0.15, 0.2) is 42.7 Å². The minimum atomic E-state index is -0.739. The van der Waals surface area contributed by atoms with Crippen LogP contribution in [-0.2, 0) is 9.53 Å². The number of nitrogens with two attached hydrogens (primary N) is 1. The van der Waals surface area contributed by atoms with Crippen molar-refractivity contribution in [3.05, 3.63) is 54.1 Å². The lowest BCUT2D eigenvalue weighted by atomic mass is 9.74. The van der Waals surface area contributed by atoms with Gasteiger partial charge < -0.3 is 19.9 Å². The molecule has 0 aliphatic carbocycles. The molecule has 0 spiro atoms. The second-order valence-electron chi connectivity index (χ2n) is 6.98. The van der Waals surface area contributed by atoms with Crippen LogP contribution in [0.25, 0.3) is 5.69 Å². The molecule has 2 saturated heterocycles. The minimum absolute atomic E-state index is 0.110. The molecule has 0 unspecified atom stereocenters. The Morgan fingerprint density at radius 2 is 2.04 bits per heavy atom. The first-order valence-electron chi connectivity index (χ1n) is 8.61. The fourth-order valence-corrected chi connectivity index (χ4v) is 4.03. The number of fused-ring (bicyclic) bond motifs is 1. The number of benzene rings is 1. The van der Waals surface area contributed by atoms with E-state index in [0.29, 0.717) is 31.9 Å². The molecule has 2 N–H and O–H groups in total. The van der Waals surface area contributed by atoms with E-state index < -0.39 is 17.1 Å². The summed E-state index contributed by atoms with van der Waals surface area (Å²) in [6.45, 7) is 1.52. The molecule has 1 aromatic heterocycles. The van der Waals surface area contributed by atoms with Crippen molar-refractivity contribution in [2.75, 3.05) is 26.3 Å². The van der Waals surface area contributed by atoms with Crippen molar-refractivity contribution >= 4 is 11.8 Å². The first-order valence-corrected chi connectivity index (χ1v) is 8.61. The van der Waals surface area contributed by atoms with E-state index in [4.69, 9.17) is 10.5 Å². The standard InChI is InChI=1S/C19H20FN3O3/c20-15-9-13(3-4-16(15)22-6-1-2-7-22)17(24)23-10-14-11-26-8-5-19(14,12-23)18(21)25/h1-4,6-7,9,14H,5,8,10-12H2,(H2,21,25)/t14-,19+/m1/s1. The monoisotopic (exact) mass is 357 g/mol. The number of aromatic nitrogens is 1. The number of carbonyl (C=O) groups is 2. The molecular formula is C19H20FN3O3. The van der Waals surface area contributed by atoms with Crippen LogP contribution in [0.2, 0.25) is 0 Å². The number of hydrogen-bond donors (Lipinski definition) is 1. The minimum Gasteiger partial charge on any atom is -0.381 e. The first kappa shape index (κ1) is 16.8. The molecule has 2 aliphatic rings. The van der Waals surface area contributed by atoms with E-state index in [1.165, 1.54) is 6.07 Å². The molecule has 136 valence electrons. The van der Waals surface area contributed by atoms with Gasteiger partial charge in [-0.2, -0.15) is 0 Å². The van der Waals surface area contributed by atoms with Crippen LogP contribution in [0.5, 0.6) is 0 Å². The van der Waals surface area contributed by atoms with Gasteiger partial charge in [-0.15, -0.1) is 0 Å². The van der Waals surface area contributed by atoms with Gasteiger partial charge in [0.15, 0.2) is 0 Å². The Balaban J connectivity index is 1.59. The van der Waals surface area contributed by atoms with Crippen molar-refractivity contribution in [2.45, 2.75) is 6.42 Å². The van der Waals surface area contributed by atoms with Crippen molar-refractivity contribution < 1.29 is 18.7 Å². The van der Waals surface area contributed by atoms with Gasteiger partial charge in [0.1, 0.15) is 5.82 Å². The molecular weight excluding hydrogens is 337 g/mol. The SMILES string of the molecule is NC(=O)[C@]12CCOC[C@H]1CN(C(=O)c1ccc(-n3cccc3)c(F)c1)C2. The highest BCUT2D eigenvalue weighted by molar-refractivity contribution is 5.95. The van der Waals surface area contributed by atoms with Gasteiger partial charge in [0.05, 0.1) is 17.7 Å². The molecule has 1 aromatic carbocycles. The van der Waals surface area contributed by atoms with Crippen LogP contribution in [0.1, 0.15) is 16.8 Å². The molecule has 0 saturated carbocycles. The van der Waals surface area contributed by atoms with Crippen LogP contribution in [0.4, 0.5) is 4.39 Å². The third-order valence-electron chi connectivity index (χ3n) is 5.56. The highest BCUT2D eigenvalue weighted by atomic mass is 19.1. The van der Waals surface area contributed by atoms with Crippen molar-refractivity contribution in [1.82, 2.24) is 9.47 Å². The highest BCUT2D eigenvalue weighted by Crippen LogP contribution is 2.42. The molecule has 7 heteroatoms. The van der Waals surface area contributed by atoms with Crippen molar-refractivity contribution in [3.8, 4) is 5.69 Å². The zero-order valence-corrected chi connectivity index (χ0v) is 14.2. The second-order valence-corrected chi connectivity index (χ2v) is 6.98. The largest absolute Gasteiger partial charge is 0.381 e. The quantitative estimate of drug-likeness (QED) is 0.906. The summed E-state index contributed by atoms with van der Waals surface area (Å²) in [6.07, 6.45) is 3.99. The summed E-state index contributed by atoms with van der Waals surface area (Å²) in [6, 6.07) is 8.04. The number of rotatable bonds is 3. The molecule has 2 atom stereocenters. The summed E-state index contributed by atoms with van der Waals surface area (Å²) >= 11 is 0. The molecule has 3 heterocycles. The lowest BCUT2D eigenvalue weighted by Gasteiger charge is -2.34. The number of halogens is 1. The normalized spacial score (nSPS) is 25.1. The number of nitrogens with zero attached hydrogens (tertiary/aromatic N) is 2. The summed E-state index contributed by atoms with van der Waals surface area (Å²) in [5.41, 5.74) is 5.55. The summed E-state index contributed by atoms with van der Waals surface area (Å²) in [7, 11) is 0. The van der Waals surface area contributed by atoms with E-state index in [0.717, 1.165) is 0 Å². The third-order valence-corrected chi connectivity index (χ3v) is 5.56. The molecule has 2 amide bonds. The molecule has 26 heavy (non-hydrogen) atoms. The molecule has 2 aliphatic heterocycles.